The van der Waals surface area contributed by atoms with E-state index in [1.807, 2.05) is 13.8 Å². The zero-order valence-corrected chi connectivity index (χ0v) is 13.5. The molecule has 1 rings (SSSR count). The van der Waals surface area contributed by atoms with Crippen LogP contribution in [0.25, 0.3) is 0 Å². The first kappa shape index (κ1) is 17.7. The first-order valence-corrected chi connectivity index (χ1v) is 7.00. The minimum absolute atomic E-state index is 0.0677. The van der Waals surface area contributed by atoms with Crippen molar-refractivity contribution in [1.82, 2.24) is 5.32 Å². The molecule has 0 saturated carbocycles. The molecule has 6 heteroatoms. The van der Waals surface area contributed by atoms with Gasteiger partial charge in [-0.3, -0.25) is 9.59 Å². The summed E-state index contributed by atoms with van der Waals surface area (Å²) >= 11 is 0. The van der Waals surface area contributed by atoms with Crippen molar-refractivity contribution in [2.24, 2.45) is 5.41 Å². The molecule has 22 heavy (non-hydrogen) atoms. The highest BCUT2D eigenvalue weighted by atomic mass is 16.5. The maximum absolute atomic E-state index is 12.4. The SMILES string of the molecule is COC(=O)c1ccccc1NC(=O)C(C)(C)C(=O)NC(C)C. The molecule has 0 bridgehead atoms. The molecule has 0 fully saturated rings. The van der Waals surface area contributed by atoms with E-state index in [1.165, 1.54) is 21.0 Å². The molecule has 2 amide bonds. The molecule has 1 aromatic carbocycles. The summed E-state index contributed by atoms with van der Waals surface area (Å²) in [5.41, 5.74) is -0.726. The lowest BCUT2D eigenvalue weighted by Gasteiger charge is -2.24. The number of benzene rings is 1. The molecule has 0 atom stereocenters. The van der Waals surface area contributed by atoms with Gasteiger partial charge in [0.2, 0.25) is 11.8 Å². The predicted molar refractivity (Wildman–Crippen MR) is 83.5 cm³/mol. The van der Waals surface area contributed by atoms with Crippen molar-refractivity contribution in [3.05, 3.63) is 29.8 Å². The van der Waals surface area contributed by atoms with Crippen LogP contribution in [-0.2, 0) is 14.3 Å². The lowest BCUT2D eigenvalue weighted by molar-refractivity contribution is -0.138. The van der Waals surface area contributed by atoms with Crippen LogP contribution in [0.4, 0.5) is 5.69 Å². The fourth-order valence-corrected chi connectivity index (χ4v) is 1.70. The molecule has 2 N–H and O–H groups in total. The molecule has 1 aromatic rings. The van der Waals surface area contributed by atoms with Crippen molar-refractivity contribution in [1.29, 1.82) is 0 Å². The molecule has 0 aliphatic carbocycles. The van der Waals surface area contributed by atoms with Crippen molar-refractivity contribution in [2.75, 3.05) is 12.4 Å². The highest BCUT2D eigenvalue weighted by molar-refractivity contribution is 6.11. The molecule has 0 aliphatic heterocycles. The van der Waals surface area contributed by atoms with E-state index in [2.05, 4.69) is 15.4 Å². The zero-order valence-electron chi connectivity index (χ0n) is 13.5. The Morgan fingerprint density at radius 1 is 1.09 bits per heavy atom. The number of carbonyl (C=O) groups excluding carboxylic acids is 3. The fourth-order valence-electron chi connectivity index (χ4n) is 1.70. The second-order valence-corrected chi connectivity index (χ2v) is 5.74. The largest absolute Gasteiger partial charge is 0.465 e. The highest BCUT2D eigenvalue weighted by Crippen LogP contribution is 2.22. The standard InChI is InChI=1S/C16H22N2O4/c1-10(2)17-14(20)16(3,4)15(21)18-12-9-7-6-8-11(12)13(19)22-5/h6-10H,1-5H3,(H,17,20)(H,18,21). The Balaban J connectivity index is 2.98. The molecule has 0 aromatic heterocycles. The molecule has 120 valence electrons. The Bertz CT molecular complexity index is 579. The van der Waals surface area contributed by atoms with Gasteiger partial charge in [-0.2, -0.15) is 0 Å². The van der Waals surface area contributed by atoms with Crippen LogP contribution in [0.1, 0.15) is 38.1 Å². The topological polar surface area (TPSA) is 84.5 Å². The van der Waals surface area contributed by atoms with E-state index in [1.54, 1.807) is 24.3 Å². The second kappa shape index (κ2) is 7.06. The Labute approximate surface area is 130 Å². The van der Waals surface area contributed by atoms with E-state index in [9.17, 15) is 14.4 Å². The third kappa shape index (κ3) is 4.07. The van der Waals surface area contributed by atoms with Crippen molar-refractivity contribution in [3.8, 4) is 0 Å². The smallest absolute Gasteiger partial charge is 0.339 e. The fraction of sp³-hybridized carbons (Fsp3) is 0.438. The number of esters is 1. The van der Waals surface area contributed by atoms with E-state index < -0.39 is 17.3 Å². The summed E-state index contributed by atoms with van der Waals surface area (Å²) in [6.07, 6.45) is 0. The summed E-state index contributed by atoms with van der Waals surface area (Å²) in [5.74, 6) is -1.43. The van der Waals surface area contributed by atoms with E-state index in [0.717, 1.165) is 0 Å². The van der Waals surface area contributed by atoms with Crippen LogP contribution in [-0.4, -0.2) is 30.9 Å². The first-order chi connectivity index (χ1) is 10.2. The molecule has 0 unspecified atom stereocenters. The molecular weight excluding hydrogens is 284 g/mol. The number of nitrogens with one attached hydrogen (secondary N) is 2. The summed E-state index contributed by atoms with van der Waals surface area (Å²) in [5, 5.41) is 5.33. The number of hydrogen-bond donors (Lipinski definition) is 2. The second-order valence-electron chi connectivity index (χ2n) is 5.74. The summed E-state index contributed by atoms with van der Waals surface area (Å²) in [7, 11) is 1.26. The minimum atomic E-state index is -1.27. The molecule has 0 radical (unpaired) electrons. The Morgan fingerprint density at radius 3 is 2.23 bits per heavy atom. The van der Waals surface area contributed by atoms with E-state index in [0.29, 0.717) is 5.69 Å². The third-order valence-electron chi connectivity index (χ3n) is 3.14. The summed E-state index contributed by atoms with van der Waals surface area (Å²) < 4.78 is 4.67. The van der Waals surface area contributed by atoms with Gasteiger partial charge in [0.1, 0.15) is 5.41 Å². The van der Waals surface area contributed by atoms with Gasteiger partial charge in [0.05, 0.1) is 18.4 Å². The van der Waals surface area contributed by atoms with E-state index >= 15 is 0 Å². The van der Waals surface area contributed by atoms with Crippen LogP contribution in [0.3, 0.4) is 0 Å². The van der Waals surface area contributed by atoms with Gasteiger partial charge in [0, 0.05) is 6.04 Å². The quantitative estimate of drug-likeness (QED) is 0.643. The number of carbonyl (C=O) groups is 3. The van der Waals surface area contributed by atoms with Gasteiger partial charge < -0.3 is 15.4 Å². The number of methoxy groups -OCH3 is 1. The lowest BCUT2D eigenvalue weighted by Crippen LogP contribution is -2.47. The Hall–Kier alpha value is -2.37. The van der Waals surface area contributed by atoms with Crippen LogP contribution in [0, 0.1) is 5.41 Å². The maximum Gasteiger partial charge on any atom is 0.339 e. The normalized spacial score (nSPS) is 11.0. The van der Waals surface area contributed by atoms with Gasteiger partial charge in [-0.05, 0) is 39.8 Å². The summed E-state index contributed by atoms with van der Waals surface area (Å²) in [6.45, 7) is 6.69. The lowest BCUT2D eigenvalue weighted by atomic mass is 9.90. The molecule has 0 saturated heterocycles. The molecule has 0 spiro atoms. The molecule has 0 heterocycles. The van der Waals surface area contributed by atoms with Gasteiger partial charge in [-0.25, -0.2) is 4.79 Å². The molecule has 6 nitrogen and oxygen atoms in total. The number of ether oxygens (including phenoxy) is 1. The highest BCUT2D eigenvalue weighted by Gasteiger charge is 2.36. The number of anilines is 1. The minimum Gasteiger partial charge on any atom is -0.465 e. The number of hydrogen-bond acceptors (Lipinski definition) is 4. The Morgan fingerprint density at radius 2 is 1.68 bits per heavy atom. The number of rotatable bonds is 5. The Kier molecular flexibility index (Phi) is 5.68. The summed E-state index contributed by atoms with van der Waals surface area (Å²) in [4.78, 5) is 36.2. The van der Waals surface area contributed by atoms with Gasteiger partial charge in [0.15, 0.2) is 0 Å². The van der Waals surface area contributed by atoms with Crippen LogP contribution < -0.4 is 10.6 Å². The van der Waals surface area contributed by atoms with Crippen molar-refractivity contribution >= 4 is 23.5 Å². The van der Waals surface area contributed by atoms with Crippen LogP contribution in [0.15, 0.2) is 24.3 Å². The van der Waals surface area contributed by atoms with Gasteiger partial charge in [-0.1, -0.05) is 12.1 Å². The predicted octanol–water partition coefficient (Wildman–Crippen LogP) is 1.96. The zero-order chi connectivity index (χ0) is 16.9. The maximum atomic E-state index is 12.4. The van der Waals surface area contributed by atoms with Gasteiger partial charge >= 0.3 is 5.97 Å². The average molecular weight is 306 g/mol. The van der Waals surface area contributed by atoms with Crippen LogP contribution >= 0.6 is 0 Å². The van der Waals surface area contributed by atoms with Crippen molar-refractivity contribution < 1.29 is 19.1 Å². The summed E-state index contributed by atoms with van der Waals surface area (Å²) in [6, 6.07) is 6.41. The molecule has 0 aliphatic rings. The number of amides is 2. The van der Waals surface area contributed by atoms with Crippen LogP contribution in [0.2, 0.25) is 0 Å². The average Bonchev–Trinajstić information content (AvgIpc) is 2.46. The monoisotopic (exact) mass is 306 g/mol. The number of para-hydroxylation sites is 1. The van der Waals surface area contributed by atoms with Gasteiger partial charge in [0.25, 0.3) is 0 Å². The van der Waals surface area contributed by atoms with E-state index in [4.69, 9.17) is 0 Å². The van der Waals surface area contributed by atoms with Crippen LogP contribution in [0.5, 0.6) is 0 Å². The first-order valence-electron chi connectivity index (χ1n) is 7.00. The van der Waals surface area contributed by atoms with Crippen molar-refractivity contribution in [3.63, 3.8) is 0 Å². The molecular formula is C16H22N2O4. The van der Waals surface area contributed by atoms with Gasteiger partial charge in [-0.15, -0.1) is 0 Å². The van der Waals surface area contributed by atoms with E-state index in [-0.39, 0.29) is 17.5 Å². The van der Waals surface area contributed by atoms with Crippen molar-refractivity contribution in [2.45, 2.75) is 33.7 Å². The third-order valence-corrected chi connectivity index (χ3v) is 3.14.